The Bertz CT molecular complexity index is 185. The van der Waals surface area contributed by atoms with Crippen molar-refractivity contribution in [2.75, 3.05) is 33.4 Å². The Hall–Kier alpha value is -0.610. The van der Waals surface area contributed by atoms with Gasteiger partial charge in [0, 0.05) is 19.5 Å². The minimum absolute atomic E-state index is 0.245. The number of morpholine rings is 1. The Kier molecular flexibility index (Phi) is 4.90. The van der Waals surface area contributed by atoms with Crippen LogP contribution >= 0.6 is 0 Å². The molecule has 14 heavy (non-hydrogen) atoms. The third kappa shape index (κ3) is 2.96. The van der Waals surface area contributed by atoms with Gasteiger partial charge in [0.2, 0.25) is 5.91 Å². The van der Waals surface area contributed by atoms with Crippen LogP contribution in [0.25, 0.3) is 0 Å². The van der Waals surface area contributed by atoms with Crippen LogP contribution in [0, 0.1) is 0 Å². The average molecular weight is 200 g/mol. The molecule has 1 aliphatic rings. The predicted molar refractivity (Wildman–Crippen MR) is 55.2 cm³/mol. The van der Waals surface area contributed by atoms with Crippen LogP contribution in [0.1, 0.15) is 19.8 Å². The summed E-state index contributed by atoms with van der Waals surface area (Å²) in [4.78, 5) is 13.7. The maximum Gasteiger partial charge on any atom is 0.224 e. The molecule has 0 spiro atoms. The van der Waals surface area contributed by atoms with Crippen LogP contribution in [0.15, 0.2) is 0 Å². The van der Waals surface area contributed by atoms with E-state index in [0.29, 0.717) is 19.6 Å². The van der Waals surface area contributed by atoms with Gasteiger partial charge in [0.25, 0.3) is 0 Å². The van der Waals surface area contributed by atoms with Crippen LogP contribution < -0.4 is 5.32 Å². The SMILES string of the molecule is CCC1COCCN1C(=O)CCNC. The highest BCUT2D eigenvalue weighted by molar-refractivity contribution is 5.76. The molecule has 4 nitrogen and oxygen atoms in total. The summed E-state index contributed by atoms with van der Waals surface area (Å²) in [5.41, 5.74) is 0. The maximum absolute atomic E-state index is 11.8. The fourth-order valence-electron chi connectivity index (χ4n) is 1.70. The number of carbonyl (C=O) groups excluding carboxylic acids is 1. The summed E-state index contributed by atoms with van der Waals surface area (Å²) in [6, 6.07) is 0.285. The van der Waals surface area contributed by atoms with Gasteiger partial charge >= 0.3 is 0 Å². The normalized spacial score (nSPS) is 22.4. The van der Waals surface area contributed by atoms with Gasteiger partial charge in [-0.3, -0.25) is 4.79 Å². The van der Waals surface area contributed by atoms with E-state index in [1.54, 1.807) is 0 Å². The van der Waals surface area contributed by atoms with Gasteiger partial charge in [-0.15, -0.1) is 0 Å². The van der Waals surface area contributed by atoms with Gasteiger partial charge < -0.3 is 15.0 Å². The second-order valence-electron chi connectivity index (χ2n) is 3.58. The zero-order chi connectivity index (χ0) is 10.4. The summed E-state index contributed by atoms with van der Waals surface area (Å²) in [6.45, 7) is 4.98. The van der Waals surface area contributed by atoms with Gasteiger partial charge in [0.15, 0.2) is 0 Å². The van der Waals surface area contributed by atoms with E-state index in [0.717, 1.165) is 19.5 Å². The Morgan fingerprint density at radius 3 is 3.07 bits per heavy atom. The molecule has 0 saturated carbocycles. The third-order valence-electron chi connectivity index (χ3n) is 2.61. The molecule has 0 radical (unpaired) electrons. The smallest absolute Gasteiger partial charge is 0.224 e. The number of hydrogen-bond donors (Lipinski definition) is 1. The zero-order valence-electron chi connectivity index (χ0n) is 9.08. The number of hydrogen-bond acceptors (Lipinski definition) is 3. The predicted octanol–water partition coefficient (Wildman–Crippen LogP) is 0.233. The van der Waals surface area contributed by atoms with E-state index in [1.165, 1.54) is 0 Å². The second kappa shape index (κ2) is 5.98. The van der Waals surface area contributed by atoms with Gasteiger partial charge in [-0.2, -0.15) is 0 Å². The monoisotopic (exact) mass is 200 g/mol. The molecule has 1 N–H and O–H groups in total. The molecular formula is C10H20N2O2. The standard InChI is InChI=1S/C10H20N2O2/c1-3-9-8-14-7-6-12(9)10(13)4-5-11-2/h9,11H,3-8H2,1-2H3. The molecule has 4 heteroatoms. The summed E-state index contributed by atoms with van der Waals surface area (Å²) >= 11 is 0. The van der Waals surface area contributed by atoms with E-state index >= 15 is 0 Å². The minimum Gasteiger partial charge on any atom is -0.377 e. The number of carbonyl (C=O) groups is 1. The quantitative estimate of drug-likeness (QED) is 0.706. The van der Waals surface area contributed by atoms with Crippen LogP contribution in [-0.4, -0.2) is 50.2 Å². The van der Waals surface area contributed by atoms with Gasteiger partial charge in [-0.25, -0.2) is 0 Å². The molecule has 1 amide bonds. The first-order chi connectivity index (χ1) is 6.79. The molecule has 1 aliphatic heterocycles. The highest BCUT2D eigenvalue weighted by Gasteiger charge is 2.24. The number of nitrogens with zero attached hydrogens (tertiary/aromatic N) is 1. The summed E-state index contributed by atoms with van der Waals surface area (Å²) in [5, 5.41) is 2.99. The van der Waals surface area contributed by atoms with Crippen molar-refractivity contribution in [3.8, 4) is 0 Å². The highest BCUT2D eigenvalue weighted by Crippen LogP contribution is 2.11. The molecular weight excluding hydrogens is 180 g/mol. The molecule has 82 valence electrons. The Balaban J connectivity index is 2.41. The lowest BCUT2D eigenvalue weighted by Crippen LogP contribution is -2.48. The molecule has 1 saturated heterocycles. The van der Waals surface area contributed by atoms with Crippen molar-refractivity contribution in [2.45, 2.75) is 25.8 Å². The van der Waals surface area contributed by atoms with Gasteiger partial charge in [-0.1, -0.05) is 6.92 Å². The molecule has 0 aliphatic carbocycles. The zero-order valence-corrected chi connectivity index (χ0v) is 9.08. The second-order valence-corrected chi connectivity index (χ2v) is 3.58. The number of nitrogens with one attached hydrogen (secondary N) is 1. The Morgan fingerprint density at radius 2 is 2.43 bits per heavy atom. The van der Waals surface area contributed by atoms with Crippen molar-refractivity contribution in [1.82, 2.24) is 10.2 Å². The van der Waals surface area contributed by atoms with Gasteiger partial charge in [-0.05, 0) is 13.5 Å². The lowest BCUT2D eigenvalue weighted by atomic mass is 10.1. The van der Waals surface area contributed by atoms with E-state index in [1.807, 2.05) is 11.9 Å². The molecule has 1 rings (SSSR count). The molecule has 0 aromatic heterocycles. The first-order valence-corrected chi connectivity index (χ1v) is 5.31. The fraction of sp³-hybridized carbons (Fsp3) is 0.900. The lowest BCUT2D eigenvalue weighted by Gasteiger charge is -2.35. The van der Waals surface area contributed by atoms with Crippen molar-refractivity contribution in [3.05, 3.63) is 0 Å². The minimum atomic E-state index is 0.245. The largest absolute Gasteiger partial charge is 0.377 e. The van der Waals surface area contributed by atoms with Crippen LogP contribution in [0.3, 0.4) is 0 Å². The van der Waals surface area contributed by atoms with E-state index in [9.17, 15) is 4.79 Å². The molecule has 1 unspecified atom stereocenters. The van der Waals surface area contributed by atoms with Crippen LogP contribution in [-0.2, 0) is 9.53 Å². The first kappa shape index (κ1) is 11.5. The van der Waals surface area contributed by atoms with Crippen molar-refractivity contribution in [3.63, 3.8) is 0 Å². The number of amides is 1. The average Bonchev–Trinajstić information content (AvgIpc) is 2.25. The fourth-order valence-corrected chi connectivity index (χ4v) is 1.70. The molecule has 1 atom stereocenters. The lowest BCUT2D eigenvalue weighted by molar-refractivity contribution is -0.139. The van der Waals surface area contributed by atoms with Crippen molar-refractivity contribution in [1.29, 1.82) is 0 Å². The molecule has 0 aromatic rings. The third-order valence-corrected chi connectivity index (χ3v) is 2.61. The van der Waals surface area contributed by atoms with Crippen molar-refractivity contribution >= 4 is 5.91 Å². The topological polar surface area (TPSA) is 41.6 Å². The Labute approximate surface area is 85.6 Å². The van der Waals surface area contributed by atoms with Gasteiger partial charge in [0.05, 0.1) is 19.3 Å². The van der Waals surface area contributed by atoms with Gasteiger partial charge in [0.1, 0.15) is 0 Å². The van der Waals surface area contributed by atoms with E-state index in [-0.39, 0.29) is 11.9 Å². The summed E-state index contributed by atoms with van der Waals surface area (Å²) in [6.07, 6.45) is 1.57. The van der Waals surface area contributed by atoms with E-state index < -0.39 is 0 Å². The molecule has 1 fully saturated rings. The summed E-state index contributed by atoms with van der Waals surface area (Å²) < 4.78 is 5.35. The van der Waals surface area contributed by atoms with Crippen molar-refractivity contribution < 1.29 is 9.53 Å². The van der Waals surface area contributed by atoms with E-state index in [4.69, 9.17) is 4.74 Å². The first-order valence-electron chi connectivity index (χ1n) is 5.31. The van der Waals surface area contributed by atoms with Crippen LogP contribution in [0.4, 0.5) is 0 Å². The molecule has 0 bridgehead atoms. The Morgan fingerprint density at radius 1 is 1.64 bits per heavy atom. The van der Waals surface area contributed by atoms with Crippen LogP contribution in [0.5, 0.6) is 0 Å². The highest BCUT2D eigenvalue weighted by atomic mass is 16.5. The number of rotatable bonds is 4. The summed E-state index contributed by atoms with van der Waals surface area (Å²) in [7, 11) is 1.86. The summed E-state index contributed by atoms with van der Waals surface area (Å²) in [5.74, 6) is 0.245. The molecule has 0 aromatic carbocycles. The van der Waals surface area contributed by atoms with E-state index in [2.05, 4.69) is 12.2 Å². The van der Waals surface area contributed by atoms with Crippen LogP contribution in [0.2, 0.25) is 0 Å². The maximum atomic E-state index is 11.8. The molecule has 1 heterocycles. The number of ether oxygens (including phenoxy) is 1. The van der Waals surface area contributed by atoms with Crippen molar-refractivity contribution in [2.24, 2.45) is 0 Å².